The maximum Gasteiger partial charge on any atom is 0.341 e. The lowest BCUT2D eigenvalue weighted by Crippen LogP contribution is -2.28. The number of carboxylic acids is 1. The minimum Gasteiger partial charge on any atom is -0.487 e. The minimum atomic E-state index is -1.33. The van der Waals surface area contributed by atoms with Crippen molar-refractivity contribution in [2.45, 2.75) is 13.0 Å². The summed E-state index contributed by atoms with van der Waals surface area (Å²) in [5.41, 5.74) is -0.402. The third-order valence-corrected chi connectivity index (χ3v) is 3.82. The second-order valence-corrected chi connectivity index (χ2v) is 5.57. The van der Waals surface area contributed by atoms with Crippen LogP contribution in [0.2, 0.25) is 0 Å². The second-order valence-electron chi connectivity index (χ2n) is 5.57. The van der Waals surface area contributed by atoms with Crippen LogP contribution in [0.3, 0.4) is 0 Å². The minimum absolute atomic E-state index is 0.0181. The molecule has 1 aliphatic rings. The summed E-state index contributed by atoms with van der Waals surface area (Å²) in [6, 6.07) is 0.926. The summed E-state index contributed by atoms with van der Waals surface area (Å²) in [5.74, 6) is -1.67. The molecule has 0 amide bonds. The number of hydrogen-bond donors (Lipinski definition) is 1. The third-order valence-electron chi connectivity index (χ3n) is 3.82. The standard InChI is InChI=1S/C15H15FN2O4/c1-7-6-22-14-11-8(4-10(16)12(14)17(2)3)13(19)9(15(20)21)5-18(7)11/h4-5,7H,6H2,1-3H3,(H,20,21). The summed E-state index contributed by atoms with van der Waals surface area (Å²) in [5, 5.41) is 9.20. The summed E-state index contributed by atoms with van der Waals surface area (Å²) in [7, 11) is 3.35. The van der Waals surface area contributed by atoms with E-state index in [1.54, 1.807) is 23.6 Å². The molecule has 1 N–H and O–H groups in total. The van der Waals surface area contributed by atoms with Gasteiger partial charge in [-0.1, -0.05) is 0 Å². The molecule has 22 heavy (non-hydrogen) atoms. The van der Waals surface area contributed by atoms with Crippen molar-refractivity contribution in [2.75, 3.05) is 25.6 Å². The Hall–Kier alpha value is -2.57. The molecule has 116 valence electrons. The number of aromatic nitrogens is 1. The number of nitrogens with zero attached hydrogens (tertiary/aromatic N) is 2. The first kappa shape index (κ1) is 14.4. The lowest BCUT2D eigenvalue weighted by atomic mass is 10.1. The molecule has 0 bridgehead atoms. The van der Waals surface area contributed by atoms with Crippen LogP contribution in [0.1, 0.15) is 23.3 Å². The van der Waals surface area contributed by atoms with E-state index in [1.165, 1.54) is 6.20 Å². The van der Waals surface area contributed by atoms with Gasteiger partial charge in [0.1, 0.15) is 17.9 Å². The Balaban J connectivity index is 2.54. The van der Waals surface area contributed by atoms with Crippen LogP contribution in [0.25, 0.3) is 10.9 Å². The molecule has 1 aromatic carbocycles. The smallest absolute Gasteiger partial charge is 0.341 e. The number of carbonyl (C=O) groups is 1. The fraction of sp³-hybridized carbons (Fsp3) is 0.333. The van der Waals surface area contributed by atoms with E-state index in [1.807, 2.05) is 6.92 Å². The molecule has 1 aromatic heterocycles. The zero-order chi connectivity index (χ0) is 16.2. The monoisotopic (exact) mass is 306 g/mol. The number of pyridine rings is 1. The SMILES string of the molecule is CC1COc2c(N(C)C)c(F)cc3c(=O)c(C(=O)O)cn1c23. The molecule has 1 unspecified atom stereocenters. The van der Waals surface area contributed by atoms with Crippen LogP contribution in [0.5, 0.6) is 5.75 Å². The Labute approximate surface area is 125 Å². The number of rotatable bonds is 2. The Bertz CT molecular complexity index is 857. The maximum absolute atomic E-state index is 14.4. The summed E-state index contributed by atoms with van der Waals surface area (Å²) in [6.45, 7) is 2.12. The van der Waals surface area contributed by atoms with Crippen LogP contribution in [0, 0.1) is 5.82 Å². The highest BCUT2D eigenvalue weighted by Gasteiger charge is 2.28. The van der Waals surface area contributed by atoms with Crippen molar-refractivity contribution >= 4 is 22.6 Å². The van der Waals surface area contributed by atoms with E-state index < -0.39 is 17.2 Å². The van der Waals surface area contributed by atoms with Crippen LogP contribution < -0.4 is 15.1 Å². The number of anilines is 1. The Kier molecular flexibility index (Phi) is 3.09. The van der Waals surface area contributed by atoms with Crippen molar-refractivity contribution in [3.63, 3.8) is 0 Å². The number of halogens is 1. The zero-order valence-electron chi connectivity index (χ0n) is 12.4. The average Bonchev–Trinajstić information content (AvgIpc) is 2.43. The molecule has 6 nitrogen and oxygen atoms in total. The van der Waals surface area contributed by atoms with Gasteiger partial charge in [-0.2, -0.15) is 0 Å². The first-order chi connectivity index (χ1) is 10.3. The zero-order valence-corrected chi connectivity index (χ0v) is 12.4. The highest BCUT2D eigenvalue weighted by molar-refractivity contribution is 5.97. The highest BCUT2D eigenvalue weighted by atomic mass is 19.1. The molecular formula is C15H15FN2O4. The molecule has 1 atom stereocenters. The van der Waals surface area contributed by atoms with Crippen molar-refractivity contribution in [2.24, 2.45) is 0 Å². The quantitative estimate of drug-likeness (QED) is 0.917. The van der Waals surface area contributed by atoms with E-state index in [0.29, 0.717) is 5.52 Å². The summed E-state index contributed by atoms with van der Waals surface area (Å²) in [6.07, 6.45) is 1.31. The van der Waals surface area contributed by atoms with Gasteiger partial charge in [0.15, 0.2) is 11.6 Å². The van der Waals surface area contributed by atoms with Gasteiger partial charge in [-0.25, -0.2) is 9.18 Å². The fourth-order valence-electron chi connectivity index (χ4n) is 2.78. The molecule has 2 aromatic rings. The third kappa shape index (κ3) is 1.85. The van der Waals surface area contributed by atoms with Crippen molar-refractivity contribution in [1.82, 2.24) is 4.57 Å². The first-order valence-electron chi connectivity index (χ1n) is 6.77. The molecule has 7 heteroatoms. The molecule has 2 heterocycles. The van der Waals surface area contributed by atoms with Gasteiger partial charge in [0, 0.05) is 20.3 Å². The number of benzene rings is 1. The van der Waals surface area contributed by atoms with Gasteiger partial charge in [0.25, 0.3) is 0 Å². The number of hydrogen-bond acceptors (Lipinski definition) is 4. The molecule has 0 saturated heterocycles. The van der Waals surface area contributed by atoms with Gasteiger partial charge in [-0.3, -0.25) is 4.79 Å². The molecule has 0 fully saturated rings. The van der Waals surface area contributed by atoms with Gasteiger partial charge >= 0.3 is 5.97 Å². The number of carboxylic acid groups (broad SMARTS) is 1. The van der Waals surface area contributed by atoms with Gasteiger partial charge in [-0.05, 0) is 13.0 Å². The van der Waals surface area contributed by atoms with E-state index in [-0.39, 0.29) is 35.0 Å². The van der Waals surface area contributed by atoms with Crippen molar-refractivity contribution in [3.8, 4) is 5.75 Å². The van der Waals surface area contributed by atoms with Crippen LogP contribution in [0.15, 0.2) is 17.1 Å². The summed E-state index contributed by atoms with van der Waals surface area (Å²) >= 11 is 0. The first-order valence-corrected chi connectivity index (χ1v) is 6.77. The molecule has 0 radical (unpaired) electrons. The van der Waals surface area contributed by atoms with Crippen molar-refractivity contribution in [1.29, 1.82) is 0 Å². The van der Waals surface area contributed by atoms with E-state index in [0.717, 1.165) is 6.07 Å². The largest absolute Gasteiger partial charge is 0.487 e. The Morgan fingerprint density at radius 3 is 2.77 bits per heavy atom. The predicted molar refractivity (Wildman–Crippen MR) is 79.7 cm³/mol. The van der Waals surface area contributed by atoms with E-state index in [2.05, 4.69) is 0 Å². The molecule has 0 spiro atoms. The number of aromatic carboxylic acids is 1. The molecular weight excluding hydrogens is 291 g/mol. The van der Waals surface area contributed by atoms with Crippen LogP contribution in [-0.4, -0.2) is 36.3 Å². The summed E-state index contributed by atoms with van der Waals surface area (Å²) < 4.78 is 21.7. The second kappa shape index (κ2) is 4.72. The normalized spacial score (nSPS) is 16.5. The topological polar surface area (TPSA) is 71.8 Å². The Morgan fingerprint density at radius 1 is 1.50 bits per heavy atom. The van der Waals surface area contributed by atoms with Gasteiger partial charge in [0.2, 0.25) is 5.43 Å². The number of ether oxygens (including phenoxy) is 1. The molecule has 0 saturated carbocycles. The van der Waals surface area contributed by atoms with E-state index >= 15 is 0 Å². The maximum atomic E-state index is 14.4. The van der Waals surface area contributed by atoms with E-state index in [4.69, 9.17) is 4.74 Å². The summed E-state index contributed by atoms with van der Waals surface area (Å²) in [4.78, 5) is 25.2. The predicted octanol–water partition coefficient (Wildman–Crippen LogP) is 1.86. The van der Waals surface area contributed by atoms with Gasteiger partial charge in [0.05, 0.1) is 16.9 Å². The van der Waals surface area contributed by atoms with Crippen LogP contribution in [-0.2, 0) is 0 Å². The lowest BCUT2D eigenvalue weighted by Gasteiger charge is -2.30. The fourth-order valence-corrected chi connectivity index (χ4v) is 2.78. The van der Waals surface area contributed by atoms with Crippen molar-refractivity contribution < 1.29 is 19.0 Å². The van der Waals surface area contributed by atoms with Crippen LogP contribution in [0.4, 0.5) is 10.1 Å². The Morgan fingerprint density at radius 2 is 2.18 bits per heavy atom. The van der Waals surface area contributed by atoms with Gasteiger partial charge < -0.3 is 19.3 Å². The molecule has 0 aliphatic carbocycles. The molecule has 1 aliphatic heterocycles. The van der Waals surface area contributed by atoms with Crippen LogP contribution >= 0.6 is 0 Å². The lowest BCUT2D eigenvalue weighted by molar-refractivity contribution is 0.0694. The van der Waals surface area contributed by atoms with Gasteiger partial charge in [-0.15, -0.1) is 0 Å². The highest BCUT2D eigenvalue weighted by Crippen LogP contribution is 2.40. The van der Waals surface area contributed by atoms with Crippen molar-refractivity contribution in [3.05, 3.63) is 33.9 Å². The average molecular weight is 306 g/mol. The molecule has 3 rings (SSSR count). The van der Waals surface area contributed by atoms with E-state index in [9.17, 15) is 19.1 Å².